The van der Waals surface area contributed by atoms with Gasteiger partial charge in [0, 0.05) is 25.9 Å². The van der Waals surface area contributed by atoms with E-state index >= 15 is 0 Å². The lowest BCUT2D eigenvalue weighted by molar-refractivity contribution is 0.0710. The molecule has 0 unspecified atom stereocenters. The Bertz CT molecular complexity index is 1080. The maximum atomic E-state index is 11.6. The smallest absolute Gasteiger partial charge is 0.175 e. The fourth-order valence-electron chi connectivity index (χ4n) is 3.70. The molecule has 5 nitrogen and oxygen atoms in total. The Labute approximate surface area is 184 Å². The first-order valence-corrected chi connectivity index (χ1v) is 12.3. The van der Waals surface area contributed by atoms with Crippen LogP contribution in [0.15, 0.2) is 83.8 Å². The standard InChI is InChI=1S/C25H27NO4S/c1-31(27,28)25-13-11-23(12-14-25)30-24-18-26(15-16-29-19-24)17-20-7-9-22(10-8-20)21-5-3-2-4-6-21/h2-14,24H,15-19H2,1H3/t24-/m1/s1. The van der Waals surface area contributed by atoms with Gasteiger partial charge in [0.2, 0.25) is 0 Å². The van der Waals surface area contributed by atoms with Crippen molar-refractivity contribution in [1.82, 2.24) is 4.90 Å². The minimum absolute atomic E-state index is 0.116. The average Bonchev–Trinajstić information content (AvgIpc) is 2.99. The maximum absolute atomic E-state index is 11.6. The van der Waals surface area contributed by atoms with Crippen LogP contribution in [0, 0.1) is 0 Å². The second-order valence-corrected chi connectivity index (χ2v) is 9.87. The molecule has 1 aliphatic rings. The monoisotopic (exact) mass is 437 g/mol. The van der Waals surface area contributed by atoms with Crippen molar-refractivity contribution in [2.75, 3.05) is 32.6 Å². The third kappa shape index (κ3) is 5.94. The molecule has 31 heavy (non-hydrogen) atoms. The highest BCUT2D eigenvalue weighted by Gasteiger charge is 2.20. The number of benzene rings is 3. The van der Waals surface area contributed by atoms with Crippen LogP contribution in [0.25, 0.3) is 11.1 Å². The van der Waals surface area contributed by atoms with Gasteiger partial charge in [0.15, 0.2) is 9.84 Å². The van der Waals surface area contributed by atoms with Gasteiger partial charge in [-0.05, 0) is 41.0 Å². The predicted octanol–water partition coefficient (Wildman–Crippen LogP) is 4.04. The van der Waals surface area contributed by atoms with Crippen LogP contribution in [0.5, 0.6) is 5.75 Å². The van der Waals surface area contributed by atoms with Crippen LogP contribution in [0.1, 0.15) is 5.56 Å². The molecule has 3 aromatic rings. The van der Waals surface area contributed by atoms with Crippen LogP contribution in [0.3, 0.4) is 0 Å². The normalized spacial score (nSPS) is 17.8. The largest absolute Gasteiger partial charge is 0.487 e. The molecule has 6 heteroatoms. The molecule has 0 aliphatic carbocycles. The molecular weight excluding hydrogens is 410 g/mol. The topological polar surface area (TPSA) is 55.8 Å². The Hall–Kier alpha value is -2.67. The van der Waals surface area contributed by atoms with E-state index in [1.165, 1.54) is 22.9 Å². The van der Waals surface area contributed by atoms with Gasteiger partial charge in [0.25, 0.3) is 0 Å². The van der Waals surface area contributed by atoms with E-state index in [-0.39, 0.29) is 11.0 Å². The lowest BCUT2D eigenvalue weighted by Gasteiger charge is -2.24. The Kier molecular flexibility index (Phi) is 6.70. The molecular formula is C25H27NO4S. The van der Waals surface area contributed by atoms with E-state index in [4.69, 9.17) is 9.47 Å². The second kappa shape index (κ2) is 9.64. The van der Waals surface area contributed by atoms with E-state index in [0.29, 0.717) is 19.0 Å². The predicted molar refractivity (Wildman–Crippen MR) is 122 cm³/mol. The SMILES string of the molecule is CS(=O)(=O)c1ccc(O[C@H]2COCCN(Cc3ccc(-c4ccccc4)cc3)C2)cc1. The lowest BCUT2D eigenvalue weighted by Crippen LogP contribution is -2.35. The zero-order valence-corrected chi connectivity index (χ0v) is 18.4. The number of hydrogen-bond donors (Lipinski definition) is 0. The first-order chi connectivity index (χ1) is 15.0. The summed E-state index contributed by atoms with van der Waals surface area (Å²) < 4.78 is 35.1. The van der Waals surface area contributed by atoms with E-state index in [1.54, 1.807) is 24.3 Å². The van der Waals surface area contributed by atoms with Crippen LogP contribution in [0.2, 0.25) is 0 Å². The molecule has 0 aromatic heterocycles. The number of nitrogens with zero attached hydrogens (tertiary/aromatic N) is 1. The molecule has 3 aromatic carbocycles. The minimum atomic E-state index is -3.21. The molecule has 0 saturated carbocycles. The number of ether oxygens (including phenoxy) is 2. The molecule has 1 heterocycles. The lowest BCUT2D eigenvalue weighted by atomic mass is 10.0. The number of sulfone groups is 1. The zero-order valence-electron chi connectivity index (χ0n) is 17.6. The van der Waals surface area contributed by atoms with Crippen LogP contribution in [0.4, 0.5) is 0 Å². The highest BCUT2D eigenvalue weighted by Crippen LogP contribution is 2.21. The summed E-state index contributed by atoms with van der Waals surface area (Å²) >= 11 is 0. The fourth-order valence-corrected chi connectivity index (χ4v) is 4.34. The Morgan fingerprint density at radius 1 is 0.935 bits per heavy atom. The van der Waals surface area contributed by atoms with E-state index in [0.717, 1.165) is 19.6 Å². The summed E-state index contributed by atoms with van der Waals surface area (Å²) in [6, 6.07) is 25.6. The molecule has 0 spiro atoms. The quantitative estimate of drug-likeness (QED) is 0.583. The van der Waals surface area contributed by atoms with E-state index in [2.05, 4.69) is 53.4 Å². The summed E-state index contributed by atoms with van der Waals surface area (Å²) in [5, 5.41) is 0. The van der Waals surface area contributed by atoms with Gasteiger partial charge in [-0.15, -0.1) is 0 Å². The fraction of sp³-hybridized carbons (Fsp3) is 0.280. The average molecular weight is 438 g/mol. The Morgan fingerprint density at radius 2 is 1.61 bits per heavy atom. The molecule has 162 valence electrons. The van der Waals surface area contributed by atoms with E-state index < -0.39 is 9.84 Å². The Balaban J connectivity index is 1.38. The van der Waals surface area contributed by atoms with Gasteiger partial charge < -0.3 is 9.47 Å². The summed E-state index contributed by atoms with van der Waals surface area (Å²) in [7, 11) is -3.21. The third-order valence-corrected chi connectivity index (χ3v) is 6.47. The van der Waals surface area contributed by atoms with Crippen LogP contribution in [-0.2, 0) is 21.1 Å². The van der Waals surface area contributed by atoms with Gasteiger partial charge in [-0.25, -0.2) is 8.42 Å². The molecule has 1 saturated heterocycles. The van der Waals surface area contributed by atoms with Crippen molar-refractivity contribution in [3.05, 3.63) is 84.4 Å². The van der Waals surface area contributed by atoms with Gasteiger partial charge in [-0.1, -0.05) is 54.6 Å². The summed E-state index contributed by atoms with van der Waals surface area (Å²) in [6.07, 6.45) is 1.09. The molecule has 1 fully saturated rings. The molecule has 1 atom stereocenters. The summed E-state index contributed by atoms with van der Waals surface area (Å²) in [4.78, 5) is 2.62. The second-order valence-electron chi connectivity index (χ2n) is 7.86. The first-order valence-electron chi connectivity index (χ1n) is 10.4. The first kappa shape index (κ1) is 21.6. The van der Waals surface area contributed by atoms with Crippen molar-refractivity contribution in [2.24, 2.45) is 0 Å². The molecule has 0 bridgehead atoms. The third-order valence-electron chi connectivity index (χ3n) is 5.34. The van der Waals surface area contributed by atoms with Gasteiger partial charge in [0.1, 0.15) is 11.9 Å². The van der Waals surface area contributed by atoms with Gasteiger partial charge in [-0.3, -0.25) is 4.90 Å². The van der Waals surface area contributed by atoms with Crippen molar-refractivity contribution in [3.63, 3.8) is 0 Å². The highest BCUT2D eigenvalue weighted by molar-refractivity contribution is 7.90. The zero-order chi connectivity index (χ0) is 21.7. The van der Waals surface area contributed by atoms with E-state index in [1.807, 2.05) is 6.07 Å². The minimum Gasteiger partial charge on any atom is -0.487 e. The van der Waals surface area contributed by atoms with Crippen molar-refractivity contribution in [1.29, 1.82) is 0 Å². The number of rotatable bonds is 6. The Morgan fingerprint density at radius 3 is 2.29 bits per heavy atom. The van der Waals surface area contributed by atoms with Crippen molar-refractivity contribution in [2.45, 2.75) is 17.5 Å². The summed E-state index contributed by atoms with van der Waals surface area (Å²) in [5.74, 6) is 0.648. The molecule has 1 aliphatic heterocycles. The van der Waals surface area contributed by atoms with Crippen molar-refractivity contribution in [3.8, 4) is 16.9 Å². The van der Waals surface area contributed by atoms with Crippen LogP contribution < -0.4 is 4.74 Å². The van der Waals surface area contributed by atoms with Crippen molar-refractivity contribution < 1.29 is 17.9 Å². The number of hydrogen-bond acceptors (Lipinski definition) is 5. The van der Waals surface area contributed by atoms with Gasteiger partial charge >= 0.3 is 0 Å². The van der Waals surface area contributed by atoms with Gasteiger partial charge in [-0.2, -0.15) is 0 Å². The highest BCUT2D eigenvalue weighted by atomic mass is 32.2. The molecule has 0 N–H and O–H groups in total. The van der Waals surface area contributed by atoms with Crippen molar-refractivity contribution >= 4 is 9.84 Å². The summed E-state index contributed by atoms with van der Waals surface area (Å²) in [6.45, 7) is 3.58. The van der Waals surface area contributed by atoms with Gasteiger partial charge in [0.05, 0.1) is 18.1 Å². The summed E-state index contributed by atoms with van der Waals surface area (Å²) in [5.41, 5.74) is 3.67. The molecule has 4 rings (SSSR count). The maximum Gasteiger partial charge on any atom is 0.175 e. The molecule has 0 amide bonds. The van der Waals surface area contributed by atoms with E-state index in [9.17, 15) is 8.42 Å². The van der Waals surface area contributed by atoms with Crippen LogP contribution in [-0.4, -0.2) is 52.0 Å². The van der Waals surface area contributed by atoms with Crippen LogP contribution >= 0.6 is 0 Å². The molecule has 0 radical (unpaired) electrons.